The van der Waals surface area contributed by atoms with Gasteiger partial charge in [0.25, 0.3) is 0 Å². The van der Waals surface area contributed by atoms with E-state index in [0.29, 0.717) is 0 Å². The Balaban J connectivity index is 2.81. The van der Waals surface area contributed by atoms with Gasteiger partial charge in [0, 0.05) is 9.92 Å². The van der Waals surface area contributed by atoms with Crippen molar-refractivity contribution in [3.8, 4) is 0 Å². The Morgan fingerprint density at radius 3 is 2.85 bits per heavy atom. The molecular formula is C10H14ClNS. The van der Waals surface area contributed by atoms with E-state index in [4.69, 9.17) is 11.6 Å². The summed E-state index contributed by atoms with van der Waals surface area (Å²) < 4.78 is 0. The van der Waals surface area contributed by atoms with Gasteiger partial charge in [0.05, 0.1) is 0 Å². The van der Waals surface area contributed by atoms with Gasteiger partial charge in [-0.2, -0.15) is 0 Å². The minimum absolute atomic E-state index is 0.823. The lowest BCUT2D eigenvalue weighted by Crippen LogP contribution is -2.10. The number of halogens is 1. The third-order valence-corrected chi connectivity index (χ3v) is 2.96. The number of benzene rings is 1. The second-order valence-corrected chi connectivity index (χ2v) is 4.09. The molecule has 0 aliphatic rings. The maximum atomic E-state index is 5.92. The summed E-state index contributed by atoms with van der Waals surface area (Å²) in [5.74, 6) is 0. The van der Waals surface area contributed by atoms with Crippen molar-refractivity contribution in [2.45, 2.75) is 11.3 Å². The largest absolute Gasteiger partial charge is 0.319 e. The lowest BCUT2D eigenvalue weighted by molar-refractivity contribution is 0.784. The molecule has 0 heterocycles. The summed E-state index contributed by atoms with van der Waals surface area (Å²) in [6.07, 6.45) is 3.12. The van der Waals surface area contributed by atoms with Crippen molar-refractivity contribution in [3.63, 3.8) is 0 Å². The molecule has 0 radical (unpaired) electrons. The molecule has 0 aromatic heterocycles. The molecule has 0 atom stereocenters. The van der Waals surface area contributed by atoms with Crippen LogP contribution in [-0.2, 0) is 6.42 Å². The summed E-state index contributed by atoms with van der Waals surface area (Å²) in [5.41, 5.74) is 1.33. The maximum Gasteiger partial charge on any atom is 0.0409 e. The normalized spacial score (nSPS) is 10.4. The van der Waals surface area contributed by atoms with Crippen molar-refractivity contribution in [1.29, 1.82) is 0 Å². The quantitative estimate of drug-likeness (QED) is 0.776. The lowest BCUT2D eigenvalue weighted by Gasteiger charge is -2.07. The molecule has 0 amide bonds. The average molecular weight is 216 g/mol. The number of hydrogen-bond donors (Lipinski definition) is 1. The number of thioether (sulfide) groups is 1. The molecule has 3 heteroatoms. The Kier molecular flexibility index (Phi) is 4.64. The zero-order valence-electron chi connectivity index (χ0n) is 7.93. The summed E-state index contributed by atoms with van der Waals surface area (Å²) in [5, 5.41) is 3.96. The van der Waals surface area contributed by atoms with Crippen LogP contribution in [0.3, 0.4) is 0 Å². The summed E-state index contributed by atoms with van der Waals surface area (Å²) in [6, 6.07) is 6.07. The molecule has 0 fully saturated rings. The molecule has 0 unspecified atom stereocenters. The van der Waals surface area contributed by atoms with E-state index in [9.17, 15) is 0 Å². The predicted octanol–water partition coefficient (Wildman–Crippen LogP) is 2.82. The van der Waals surface area contributed by atoms with Gasteiger partial charge in [0.2, 0.25) is 0 Å². The Labute approximate surface area is 88.9 Å². The second-order valence-electron chi connectivity index (χ2n) is 2.81. The summed E-state index contributed by atoms with van der Waals surface area (Å²) >= 11 is 7.69. The second kappa shape index (κ2) is 5.53. The van der Waals surface area contributed by atoms with E-state index in [1.54, 1.807) is 11.8 Å². The van der Waals surface area contributed by atoms with E-state index in [1.165, 1.54) is 10.5 Å². The summed E-state index contributed by atoms with van der Waals surface area (Å²) in [4.78, 5) is 1.32. The molecule has 13 heavy (non-hydrogen) atoms. The van der Waals surface area contributed by atoms with E-state index in [2.05, 4.69) is 17.6 Å². The van der Waals surface area contributed by atoms with Crippen LogP contribution in [0.15, 0.2) is 23.1 Å². The molecule has 1 aromatic carbocycles. The molecule has 0 spiro atoms. The molecule has 0 saturated carbocycles. The molecule has 0 bridgehead atoms. The fraction of sp³-hybridized carbons (Fsp3) is 0.400. The van der Waals surface area contributed by atoms with Gasteiger partial charge in [-0.15, -0.1) is 11.8 Å². The molecule has 1 aromatic rings. The van der Waals surface area contributed by atoms with Crippen LogP contribution in [0.2, 0.25) is 5.02 Å². The Morgan fingerprint density at radius 2 is 2.23 bits per heavy atom. The fourth-order valence-corrected chi connectivity index (χ4v) is 2.02. The van der Waals surface area contributed by atoms with Crippen molar-refractivity contribution in [2.75, 3.05) is 19.8 Å². The van der Waals surface area contributed by atoms with E-state index < -0.39 is 0 Å². The molecule has 1 N–H and O–H groups in total. The number of hydrogen-bond acceptors (Lipinski definition) is 2. The Bertz CT molecular complexity index is 276. The number of rotatable bonds is 4. The van der Waals surface area contributed by atoms with Crippen molar-refractivity contribution in [2.24, 2.45) is 0 Å². The van der Waals surface area contributed by atoms with Gasteiger partial charge < -0.3 is 5.32 Å². The van der Waals surface area contributed by atoms with Crippen LogP contribution in [0, 0.1) is 0 Å². The topological polar surface area (TPSA) is 12.0 Å². The van der Waals surface area contributed by atoms with E-state index in [0.717, 1.165) is 18.0 Å². The van der Waals surface area contributed by atoms with Crippen molar-refractivity contribution in [3.05, 3.63) is 28.8 Å². The summed E-state index contributed by atoms with van der Waals surface area (Å²) in [7, 11) is 1.96. The standard InChI is InChI=1S/C10H14ClNS/c1-12-6-5-8-7-9(11)3-4-10(8)13-2/h3-4,7,12H,5-6H2,1-2H3. The first-order valence-corrected chi connectivity index (χ1v) is 5.85. The van der Waals surface area contributed by atoms with Gasteiger partial charge in [0.1, 0.15) is 0 Å². The number of likely N-dealkylation sites (N-methyl/N-ethyl adjacent to an activating group) is 1. The first-order chi connectivity index (χ1) is 6.27. The first kappa shape index (κ1) is 10.9. The highest BCUT2D eigenvalue weighted by atomic mass is 35.5. The molecule has 1 rings (SSSR count). The van der Waals surface area contributed by atoms with E-state index in [1.807, 2.05) is 19.2 Å². The van der Waals surface area contributed by atoms with Crippen molar-refractivity contribution >= 4 is 23.4 Å². The first-order valence-electron chi connectivity index (χ1n) is 4.25. The predicted molar refractivity (Wildman–Crippen MR) is 60.9 cm³/mol. The van der Waals surface area contributed by atoms with E-state index >= 15 is 0 Å². The van der Waals surface area contributed by atoms with E-state index in [-0.39, 0.29) is 0 Å². The van der Waals surface area contributed by atoms with Gasteiger partial charge >= 0.3 is 0 Å². The molecule has 0 aliphatic heterocycles. The zero-order valence-corrected chi connectivity index (χ0v) is 9.50. The SMILES string of the molecule is CNCCc1cc(Cl)ccc1SC. The zero-order chi connectivity index (χ0) is 9.68. The van der Waals surface area contributed by atoms with Crippen LogP contribution < -0.4 is 5.32 Å². The summed E-state index contributed by atoms with van der Waals surface area (Å²) in [6.45, 7) is 0.994. The fourth-order valence-electron chi connectivity index (χ4n) is 1.20. The van der Waals surface area contributed by atoms with Gasteiger partial charge in [-0.05, 0) is 50.0 Å². The van der Waals surface area contributed by atoms with Gasteiger partial charge in [-0.1, -0.05) is 11.6 Å². The van der Waals surface area contributed by atoms with Crippen molar-refractivity contribution in [1.82, 2.24) is 5.32 Å². The average Bonchev–Trinajstić information content (AvgIpc) is 2.15. The van der Waals surface area contributed by atoms with Gasteiger partial charge in [-0.3, -0.25) is 0 Å². The Morgan fingerprint density at radius 1 is 1.46 bits per heavy atom. The monoisotopic (exact) mass is 215 g/mol. The highest BCUT2D eigenvalue weighted by Crippen LogP contribution is 2.23. The Hall–Kier alpha value is -0.180. The van der Waals surface area contributed by atoms with Crippen LogP contribution in [0.1, 0.15) is 5.56 Å². The molecule has 1 nitrogen and oxygen atoms in total. The maximum absolute atomic E-state index is 5.92. The van der Waals surface area contributed by atoms with Crippen LogP contribution in [-0.4, -0.2) is 19.8 Å². The lowest BCUT2D eigenvalue weighted by atomic mass is 10.1. The highest BCUT2D eigenvalue weighted by molar-refractivity contribution is 7.98. The third-order valence-electron chi connectivity index (χ3n) is 1.89. The van der Waals surface area contributed by atoms with Crippen LogP contribution in [0.25, 0.3) is 0 Å². The molecule has 0 aliphatic carbocycles. The van der Waals surface area contributed by atoms with Crippen LogP contribution in [0.5, 0.6) is 0 Å². The van der Waals surface area contributed by atoms with Crippen LogP contribution >= 0.6 is 23.4 Å². The van der Waals surface area contributed by atoms with Gasteiger partial charge in [-0.25, -0.2) is 0 Å². The third kappa shape index (κ3) is 3.22. The van der Waals surface area contributed by atoms with Gasteiger partial charge in [0.15, 0.2) is 0 Å². The highest BCUT2D eigenvalue weighted by Gasteiger charge is 2.01. The minimum Gasteiger partial charge on any atom is -0.319 e. The molecular weight excluding hydrogens is 202 g/mol. The molecule has 72 valence electrons. The number of nitrogens with one attached hydrogen (secondary N) is 1. The van der Waals surface area contributed by atoms with Crippen LogP contribution in [0.4, 0.5) is 0 Å². The molecule has 0 saturated heterocycles. The smallest absolute Gasteiger partial charge is 0.0409 e. The van der Waals surface area contributed by atoms with Crippen molar-refractivity contribution < 1.29 is 0 Å². The minimum atomic E-state index is 0.823.